The zero-order chi connectivity index (χ0) is 21.5. The molecule has 0 aromatic carbocycles. The highest BCUT2D eigenvalue weighted by atomic mass is 35.5. The van der Waals surface area contributed by atoms with E-state index in [2.05, 4.69) is 21.4 Å². The molecule has 0 unspecified atom stereocenters. The summed E-state index contributed by atoms with van der Waals surface area (Å²) in [5.74, 6) is 0.545. The number of nitriles is 1. The highest BCUT2D eigenvalue weighted by Crippen LogP contribution is 2.38. The van der Waals surface area contributed by atoms with E-state index < -0.39 is 0 Å². The Hall–Kier alpha value is -3.77. The predicted octanol–water partition coefficient (Wildman–Crippen LogP) is 3.39. The van der Waals surface area contributed by atoms with Gasteiger partial charge in [0, 0.05) is 24.5 Å². The predicted molar refractivity (Wildman–Crippen MR) is 112 cm³/mol. The van der Waals surface area contributed by atoms with Crippen LogP contribution in [0.3, 0.4) is 0 Å². The van der Waals surface area contributed by atoms with Crippen molar-refractivity contribution in [2.24, 2.45) is 0 Å². The summed E-state index contributed by atoms with van der Waals surface area (Å²) in [4.78, 5) is 5.94. The van der Waals surface area contributed by atoms with Crippen molar-refractivity contribution in [1.29, 1.82) is 5.26 Å². The third kappa shape index (κ3) is 3.31. The van der Waals surface area contributed by atoms with Gasteiger partial charge in [-0.05, 0) is 25.1 Å². The van der Waals surface area contributed by atoms with Crippen LogP contribution in [0.5, 0.6) is 11.5 Å². The Kier molecular flexibility index (Phi) is 4.64. The number of fused-ring (bicyclic) bond motifs is 2. The third-order valence-corrected chi connectivity index (χ3v) is 5.58. The molecule has 0 saturated carbocycles. The Labute approximate surface area is 182 Å². The number of hydrogen-bond donors (Lipinski definition) is 1. The lowest BCUT2D eigenvalue weighted by Crippen LogP contribution is -2.30. The van der Waals surface area contributed by atoms with E-state index in [0.29, 0.717) is 52.9 Å². The Morgan fingerprint density at radius 2 is 2.19 bits per heavy atom. The summed E-state index contributed by atoms with van der Waals surface area (Å²) in [5.41, 5.74) is 3.02. The van der Waals surface area contributed by atoms with Crippen LogP contribution in [0.1, 0.15) is 24.4 Å². The monoisotopic (exact) mass is 435 g/mol. The summed E-state index contributed by atoms with van der Waals surface area (Å²) < 4.78 is 9.56. The van der Waals surface area contributed by atoms with Crippen LogP contribution in [0.4, 0.5) is 0 Å². The van der Waals surface area contributed by atoms with E-state index in [9.17, 15) is 10.4 Å². The lowest BCUT2D eigenvalue weighted by Gasteiger charge is -2.21. The van der Waals surface area contributed by atoms with Crippen LogP contribution in [-0.4, -0.2) is 40.9 Å². The summed E-state index contributed by atoms with van der Waals surface area (Å²) in [6, 6.07) is 7.43. The fraction of sp³-hybridized carbons (Fsp3) is 0.238. The molecule has 0 fully saturated rings. The lowest BCUT2D eigenvalue weighted by molar-refractivity contribution is 0.224. The van der Waals surface area contributed by atoms with Gasteiger partial charge in [-0.2, -0.15) is 15.5 Å². The van der Waals surface area contributed by atoms with E-state index in [-0.39, 0.29) is 11.9 Å². The Bertz CT molecular complexity index is 1310. The number of halogens is 1. The first-order valence-corrected chi connectivity index (χ1v) is 10.1. The first-order chi connectivity index (χ1) is 15.0. The van der Waals surface area contributed by atoms with E-state index in [0.717, 1.165) is 5.69 Å². The minimum Gasteiger partial charge on any atom is -0.504 e. The van der Waals surface area contributed by atoms with Crippen molar-refractivity contribution >= 4 is 17.1 Å². The average molecular weight is 436 g/mol. The van der Waals surface area contributed by atoms with Crippen molar-refractivity contribution in [3.05, 3.63) is 59.3 Å². The second-order valence-corrected chi connectivity index (χ2v) is 7.69. The normalized spacial score (nSPS) is 14.3. The molecule has 1 aliphatic rings. The zero-order valence-electron chi connectivity index (χ0n) is 16.6. The van der Waals surface area contributed by atoms with Crippen molar-refractivity contribution in [2.75, 3.05) is 6.54 Å². The fourth-order valence-corrected chi connectivity index (χ4v) is 3.94. The standard InChI is InChI=1S/C21H18ClN7O2/c1-13(16-4-2-3-5-24-16)31-18-8-14(10-29-20(18)15(22)9-25-29)19-21(30)17-11-27(12-23)6-7-28(17)26-19/h2-5,8-10,13,30H,6-7,11H2,1H3/t13-/m1/s1. The molecule has 156 valence electrons. The molecule has 0 spiro atoms. The summed E-state index contributed by atoms with van der Waals surface area (Å²) in [5, 5.41) is 29.4. The molecule has 5 rings (SSSR count). The van der Waals surface area contributed by atoms with Gasteiger partial charge >= 0.3 is 0 Å². The van der Waals surface area contributed by atoms with Gasteiger partial charge in [-0.3, -0.25) is 9.67 Å². The van der Waals surface area contributed by atoms with E-state index in [1.54, 1.807) is 38.8 Å². The average Bonchev–Trinajstić information content (AvgIpc) is 3.34. The van der Waals surface area contributed by atoms with Crippen LogP contribution in [0.2, 0.25) is 5.02 Å². The Morgan fingerprint density at radius 1 is 1.32 bits per heavy atom. The van der Waals surface area contributed by atoms with Gasteiger partial charge < -0.3 is 14.7 Å². The van der Waals surface area contributed by atoms with Gasteiger partial charge in [0.05, 0.1) is 30.0 Å². The summed E-state index contributed by atoms with van der Waals surface area (Å²) in [6.45, 7) is 3.28. The topological polar surface area (TPSA) is 104 Å². The summed E-state index contributed by atoms with van der Waals surface area (Å²) in [7, 11) is 0. The number of rotatable bonds is 4. The highest BCUT2D eigenvalue weighted by Gasteiger charge is 2.26. The van der Waals surface area contributed by atoms with Crippen molar-refractivity contribution in [2.45, 2.75) is 26.1 Å². The maximum absolute atomic E-state index is 10.8. The van der Waals surface area contributed by atoms with Crippen LogP contribution in [0.25, 0.3) is 16.8 Å². The number of pyridine rings is 2. The smallest absolute Gasteiger partial charge is 0.179 e. The molecule has 0 radical (unpaired) electrons. The Balaban J connectivity index is 1.59. The minimum atomic E-state index is -0.334. The van der Waals surface area contributed by atoms with Crippen molar-refractivity contribution in [3.8, 4) is 28.9 Å². The molecule has 1 atom stereocenters. The van der Waals surface area contributed by atoms with Crippen LogP contribution in [0.15, 0.2) is 42.9 Å². The van der Waals surface area contributed by atoms with Crippen molar-refractivity contribution in [3.63, 3.8) is 0 Å². The minimum absolute atomic E-state index is 0.0428. The SMILES string of the molecule is C[C@@H](Oc1cc(-c2nn3c(c2O)CN(C#N)CC3)cn2ncc(Cl)c12)c1ccccn1. The van der Waals surface area contributed by atoms with Crippen LogP contribution in [0, 0.1) is 11.5 Å². The van der Waals surface area contributed by atoms with Crippen LogP contribution in [-0.2, 0) is 13.1 Å². The molecule has 4 aromatic heterocycles. The molecule has 9 nitrogen and oxygen atoms in total. The largest absolute Gasteiger partial charge is 0.504 e. The van der Waals surface area contributed by atoms with Crippen molar-refractivity contribution in [1.82, 2.24) is 29.3 Å². The third-order valence-electron chi connectivity index (χ3n) is 5.31. The lowest BCUT2D eigenvalue weighted by atomic mass is 10.1. The number of hydrogen-bond acceptors (Lipinski definition) is 7. The van der Waals surface area contributed by atoms with Gasteiger partial charge in [0.1, 0.15) is 28.8 Å². The maximum atomic E-state index is 10.8. The highest BCUT2D eigenvalue weighted by molar-refractivity contribution is 6.34. The fourth-order valence-electron chi connectivity index (χ4n) is 3.72. The van der Waals surface area contributed by atoms with E-state index in [1.165, 1.54) is 0 Å². The maximum Gasteiger partial charge on any atom is 0.179 e. The molecule has 0 aliphatic carbocycles. The van der Waals surface area contributed by atoms with Crippen LogP contribution >= 0.6 is 11.6 Å². The molecule has 31 heavy (non-hydrogen) atoms. The molecule has 0 saturated heterocycles. The van der Waals surface area contributed by atoms with Gasteiger partial charge in [0.15, 0.2) is 11.9 Å². The molecule has 5 heterocycles. The van der Waals surface area contributed by atoms with E-state index in [1.807, 2.05) is 25.1 Å². The first kappa shape index (κ1) is 19.2. The second kappa shape index (κ2) is 7.49. The molecule has 1 aliphatic heterocycles. The van der Waals surface area contributed by atoms with E-state index >= 15 is 0 Å². The summed E-state index contributed by atoms with van der Waals surface area (Å²) >= 11 is 6.37. The second-order valence-electron chi connectivity index (χ2n) is 7.28. The van der Waals surface area contributed by atoms with Gasteiger partial charge in [0.25, 0.3) is 0 Å². The summed E-state index contributed by atoms with van der Waals surface area (Å²) in [6.07, 6.45) is 6.79. The molecule has 1 N–H and O–H groups in total. The molecule has 10 heteroatoms. The quantitative estimate of drug-likeness (QED) is 0.490. The van der Waals surface area contributed by atoms with Crippen LogP contribution < -0.4 is 4.74 Å². The number of ether oxygens (including phenoxy) is 1. The first-order valence-electron chi connectivity index (χ1n) is 9.73. The molecular weight excluding hydrogens is 418 g/mol. The Morgan fingerprint density at radius 3 is 2.97 bits per heavy atom. The zero-order valence-corrected chi connectivity index (χ0v) is 17.4. The van der Waals surface area contributed by atoms with E-state index in [4.69, 9.17) is 16.3 Å². The molecular formula is C21H18ClN7O2. The van der Waals surface area contributed by atoms with Gasteiger partial charge in [-0.15, -0.1) is 0 Å². The number of aromatic hydroxyl groups is 1. The molecule has 0 amide bonds. The van der Waals surface area contributed by atoms with Gasteiger partial charge in [-0.1, -0.05) is 17.7 Å². The van der Waals surface area contributed by atoms with Gasteiger partial charge in [0.2, 0.25) is 0 Å². The molecule has 0 bridgehead atoms. The molecule has 4 aromatic rings. The van der Waals surface area contributed by atoms with Crippen molar-refractivity contribution < 1.29 is 9.84 Å². The number of nitrogens with zero attached hydrogens (tertiary/aromatic N) is 7. The number of aromatic nitrogens is 5. The van der Waals surface area contributed by atoms with Gasteiger partial charge in [-0.25, -0.2) is 4.52 Å².